The molecule has 2 aromatic rings. The maximum absolute atomic E-state index is 13.2. The van der Waals surface area contributed by atoms with E-state index in [1.54, 1.807) is 0 Å². The van der Waals surface area contributed by atoms with Crippen molar-refractivity contribution in [3.05, 3.63) is 62.9 Å². The number of benzene rings is 1. The molecule has 1 unspecified atom stereocenters. The van der Waals surface area contributed by atoms with Gasteiger partial charge in [0.15, 0.2) is 5.78 Å². The van der Waals surface area contributed by atoms with Gasteiger partial charge in [-0.1, -0.05) is 49.8 Å². The molecule has 0 saturated carbocycles. The SMILES string of the molecule is CC1(C)CC(=O)C2=C(Cc3[nH]nc(Br)c3C2(C)c2ccccc2)C1. The van der Waals surface area contributed by atoms with Gasteiger partial charge in [0.05, 0.1) is 5.41 Å². The number of ketones is 1. The van der Waals surface area contributed by atoms with Crippen molar-refractivity contribution in [1.82, 2.24) is 10.2 Å². The number of hydrogen-bond donors (Lipinski definition) is 1. The Bertz CT molecular complexity index is 863. The standard InChI is InChI=1S/C20H21BrN2O/c1-19(2)10-12-9-14-17(18(21)23-22-14)20(3,16(12)15(24)11-19)13-7-5-4-6-8-13/h4-8H,9-11H2,1-3H3,(H,22,23). The van der Waals surface area contributed by atoms with Crippen LogP contribution in [0.5, 0.6) is 0 Å². The molecule has 1 heterocycles. The van der Waals surface area contributed by atoms with E-state index in [-0.39, 0.29) is 11.2 Å². The number of hydrogen-bond acceptors (Lipinski definition) is 2. The Kier molecular flexibility index (Phi) is 3.40. The molecule has 4 heteroatoms. The van der Waals surface area contributed by atoms with E-state index in [9.17, 15) is 4.79 Å². The first-order valence-electron chi connectivity index (χ1n) is 8.37. The highest BCUT2D eigenvalue weighted by molar-refractivity contribution is 9.10. The number of halogens is 1. The molecule has 0 amide bonds. The predicted molar refractivity (Wildman–Crippen MR) is 97.9 cm³/mol. The van der Waals surface area contributed by atoms with Gasteiger partial charge in [-0.05, 0) is 40.3 Å². The van der Waals surface area contributed by atoms with Crippen LogP contribution in [0, 0.1) is 5.41 Å². The first kappa shape index (κ1) is 15.8. The second-order valence-corrected chi connectivity index (χ2v) is 8.71. The third-order valence-corrected chi connectivity index (χ3v) is 6.08. The van der Waals surface area contributed by atoms with Crippen LogP contribution in [0.1, 0.15) is 50.4 Å². The Labute approximate surface area is 150 Å². The topological polar surface area (TPSA) is 45.8 Å². The molecule has 0 aliphatic heterocycles. The zero-order valence-electron chi connectivity index (χ0n) is 14.2. The fourth-order valence-corrected chi connectivity index (χ4v) is 5.34. The number of Topliss-reactive ketones (excluding diaryl/α,β-unsaturated/α-hetero) is 1. The molecule has 1 aromatic carbocycles. The highest BCUT2D eigenvalue weighted by atomic mass is 79.9. The van der Waals surface area contributed by atoms with Crippen LogP contribution in [0.2, 0.25) is 0 Å². The Morgan fingerprint density at radius 2 is 1.83 bits per heavy atom. The molecule has 124 valence electrons. The Morgan fingerprint density at radius 3 is 2.54 bits per heavy atom. The van der Waals surface area contributed by atoms with Crippen LogP contribution in [-0.2, 0) is 16.6 Å². The van der Waals surface area contributed by atoms with Gasteiger partial charge in [-0.3, -0.25) is 9.89 Å². The van der Waals surface area contributed by atoms with Crippen LogP contribution in [0.25, 0.3) is 0 Å². The highest BCUT2D eigenvalue weighted by Crippen LogP contribution is 2.53. The lowest BCUT2D eigenvalue weighted by Crippen LogP contribution is -2.40. The van der Waals surface area contributed by atoms with Crippen LogP contribution in [0.15, 0.2) is 46.1 Å². The molecule has 1 N–H and O–H groups in total. The molecule has 0 spiro atoms. The molecule has 0 bridgehead atoms. The molecule has 0 fully saturated rings. The van der Waals surface area contributed by atoms with Crippen molar-refractivity contribution in [2.75, 3.05) is 0 Å². The number of rotatable bonds is 1. The molecule has 0 radical (unpaired) electrons. The number of carbonyl (C=O) groups excluding carboxylic acids is 1. The van der Waals surface area contributed by atoms with Gasteiger partial charge in [-0.15, -0.1) is 0 Å². The van der Waals surface area contributed by atoms with Crippen molar-refractivity contribution in [1.29, 1.82) is 0 Å². The number of aromatic nitrogens is 2. The zero-order chi connectivity index (χ0) is 17.1. The van der Waals surface area contributed by atoms with E-state index in [0.717, 1.165) is 39.8 Å². The van der Waals surface area contributed by atoms with Crippen molar-refractivity contribution in [3.8, 4) is 0 Å². The predicted octanol–water partition coefficient (Wildman–Crippen LogP) is 4.72. The van der Waals surface area contributed by atoms with Gasteiger partial charge >= 0.3 is 0 Å². The van der Waals surface area contributed by atoms with E-state index in [1.165, 1.54) is 5.57 Å². The van der Waals surface area contributed by atoms with Gasteiger partial charge in [0.1, 0.15) is 4.60 Å². The van der Waals surface area contributed by atoms with Crippen LogP contribution < -0.4 is 0 Å². The molecule has 2 aliphatic carbocycles. The minimum absolute atomic E-state index is 0.0300. The van der Waals surface area contributed by atoms with Gasteiger partial charge in [0.25, 0.3) is 0 Å². The molecule has 1 atom stereocenters. The Hall–Kier alpha value is -1.68. The third-order valence-electron chi connectivity index (χ3n) is 5.50. The zero-order valence-corrected chi connectivity index (χ0v) is 15.8. The second-order valence-electron chi connectivity index (χ2n) is 7.96. The fourth-order valence-electron chi connectivity index (χ4n) is 4.62. The summed E-state index contributed by atoms with van der Waals surface area (Å²) >= 11 is 3.61. The number of carbonyl (C=O) groups is 1. The Morgan fingerprint density at radius 1 is 1.12 bits per heavy atom. The summed E-state index contributed by atoms with van der Waals surface area (Å²) < 4.78 is 0.813. The molecule has 4 rings (SSSR count). The van der Waals surface area contributed by atoms with E-state index in [1.807, 2.05) is 18.2 Å². The lowest BCUT2D eigenvalue weighted by Gasteiger charge is -2.43. The molecule has 0 saturated heterocycles. The van der Waals surface area contributed by atoms with Gasteiger partial charge in [0.2, 0.25) is 0 Å². The largest absolute Gasteiger partial charge is 0.294 e. The first-order valence-corrected chi connectivity index (χ1v) is 9.17. The fraction of sp³-hybridized carbons (Fsp3) is 0.400. The van der Waals surface area contributed by atoms with Crippen LogP contribution >= 0.6 is 15.9 Å². The van der Waals surface area contributed by atoms with E-state index in [2.05, 4.69) is 59.0 Å². The van der Waals surface area contributed by atoms with Crippen LogP contribution in [0.3, 0.4) is 0 Å². The minimum Gasteiger partial charge on any atom is -0.294 e. The minimum atomic E-state index is -0.455. The second kappa shape index (κ2) is 5.16. The summed E-state index contributed by atoms with van der Waals surface area (Å²) in [4.78, 5) is 13.2. The number of nitrogens with zero attached hydrogens (tertiary/aromatic N) is 1. The van der Waals surface area contributed by atoms with Crippen molar-refractivity contribution in [2.45, 2.75) is 45.4 Å². The normalized spacial score (nSPS) is 25.4. The lowest BCUT2D eigenvalue weighted by molar-refractivity contribution is -0.118. The van der Waals surface area contributed by atoms with Crippen molar-refractivity contribution < 1.29 is 4.79 Å². The average Bonchev–Trinajstić information content (AvgIpc) is 2.88. The molecule has 3 nitrogen and oxygen atoms in total. The number of aromatic amines is 1. The molecule has 2 aliphatic rings. The number of nitrogens with one attached hydrogen (secondary N) is 1. The van der Waals surface area contributed by atoms with Crippen molar-refractivity contribution in [3.63, 3.8) is 0 Å². The summed E-state index contributed by atoms with van der Waals surface area (Å²) in [5, 5.41) is 7.58. The molecular weight excluding hydrogens is 364 g/mol. The number of H-pyrrole nitrogens is 1. The van der Waals surface area contributed by atoms with E-state index < -0.39 is 5.41 Å². The third kappa shape index (κ3) is 2.16. The first-order chi connectivity index (χ1) is 11.3. The maximum atomic E-state index is 13.2. The van der Waals surface area contributed by atoms with Crippen LogP contribution in [0.4, 0.5) is 0 Å². The quantitative estimate of drug-likeness (QED) is 0.772. The molecule has 1 aromatic heterocycles. The lowest BCUT2D eigenvalue weighted by atomic mass is 9.59. The number of allylic oxidation sites excluding steroid dienone is 2. The van der Waals surface area contributed by atoms with Gasteiger partial charge in [-0.2, -0.15) is 5.10 Å². The van der Waals surface area contributed by atoms with Gasteiger partial charge in [0, 0.05) is 29.7 Å². The van der Waals surface area contributed by atoms with E-state index in [0.29, 0.717) is 6.42 Å². The highest BCUT2D eigenvalue weighted by Gasteiger charge is 2.48. The Balaban J connectivity index is 2.02. The summed E-state index contributed by atoms with van der Waals surface area (Å²) in [5.41, 5.74) is 5.21. The molecular formula is C20H21BrN2O. The smallest absolute Gasteiger partial charge is 0.160 e. The molecule has 24 heavy (non-hydrogen) atoms. The van der Waals surface area contributed by atoms with E-state index >= 15 is 0 Å². The average molecular weight is 385 g/mol. The van der Waals surface area contributed by atoms with Crippen molar-refractivity contribution >= 4 is 21.7 Å². The number of fused-ring (bicyclic) bond motifs is 1. The van der Waals surface area contributed by atoms with Crippen LogP contribution in [-0.4, -0.2) is 16.0 Å². The summed E-state index contributed by atoms with van der Waals surface area (Å²) in [6, 6.07) is 10.3. The summed E-state index contributed by atoms with van der Waals surface area (Å²) in [6.45, 7) is 6.55. The summed E-state index contributed by atoms with van der Waals surface area (Å²) in [6.07, 6.45) is 2.37. The van der Waals surface area contributed by atoms with Gasteiger partial charge < -0.3 is 0 Å². The van der Waals surface area contributed by atoms with Crippen molar-refractivity contribution in [2.24, 2.45) is 5.41 Å². The monoisotopic (exact) mass is 384 g/mol. The van der Waals surface area contributed by atoms with E-state index in [4.69, 9.17) is 0 Å². The summed E-state index contributed by atoms with van der Waals surface area (Å²) in [5.74, 6) is 0.284. The maximum Gasteiger partial charge on any atom is 0.160 e. The van der Waals surface area contributed by atoms with Gasteiger partial charge in [-0.25, -0.2) is 0 Å². The summed E-state index contributed by atoms with van der Waals surface area (Å²) in [7, 11) is 0.